The molecule has 1 rings (SSSR count). The molecule has 0 saturated heterocycles. The lowest BCUT2D eigenvalue weighted by atomic mass is 9.92. The number of benzene rings is 1. The normalized spacial score (nSPS) is 14.1. The summed E-state index contributed by atoms with van der Waals surface area (Å²) < 4.78 is 66.3. The lowest BCUT2D eigenvalue weighted by Gasteiger charge is -2.18. The molecule has 2 nitrogen and oxygen atoms in total. The molecule has 2 atom stereocenters. The average Bonchev–Trinajstić information content (AvgIpc) is 2.71. The van der Waals surface area contributed by atoms with Gasteiger partial charge in [0.2, 0.25) is 5.82 Å². The SMILES string of the molecule is C=C(OCC)/C(F)=C(/F)C(=C)C(C)CCC(C)COc1ccc(CC)c(F)c1F. The smallest absolute Gasteiger partial charge is 0.200 e. The molecule has 0 aromatic heterocycles. The summed E-state index contributed by atoms with van der Waals surface area (Å²) in [6, 6.07) is 2.92. The number of rotatable bonds is 12. The summed E-state index contributed by atoms with van der Waals surface area (Å²) in [5, 5.41) is 0. The van der Waals surface area contributed by atoms with E-state index in [9.17, 15) is 17.6 Å². The van der Waals surface area contributed by atoms with E-state index in [2.05, 4.69) is 13.2 Å². The Bertz CT molecular complexity index is 755. The Labute approximate surface area is 170 Å². The molecule has 0 saturated carbocycles. The Morgan fingerprint density at radius 3 is 2.24 bits per heavy atom. The molecule has 0 aliphatic rings. The highest BCUT2D eigenvalue weighted by molar-refractivity contribution is 5.33. The maximum Gasteiger partial charge on any atom is 0.200 e. The number of ether oxygens (including phenoxy) is 2. The lowest BCUT2D eigenvalue weighted by Crippen LogP contribution is -2.12. The number of hydrogen-bond donors (Lipinski definition) is 0. The van der Waals surface area contributed by atoms with E-state index in [4.69, 9.17) is 9.47 Å². The van der Waals surface area contributed by atoms with Crippen molar-refractivity contribution in [3.63, 3.8) is 0 Å². The number of halogens is 4. The molecule has 0 amide bonds. The highest BCUT2D eigenvalue weighted by Gasteiger charge is 2.20. The molecular weight excluding hydrogens is 384 g/mol. The Kier molecular flexibility index (Phi) is 9.99. The largest absolute Gasteiger partial charge is 0.491 e. The Morgan fingerprint density at radius 2 is 1.66 bits per heavy atom. The van der Waals surface area contributed by atoms with Crippen LogP contribution in [-0.2, 0) is 11.2 Å². The first-order valence-corrected chi connectivity index (χ1v) is 9.80. The van der Waals surface area contributed by atoms with Gasteiger partial charge in [-0.25, -0.2) is 8.78 Å². The summed E-state index contributed by atoms with van der Waals surface area (Å²) >= 11 is 0. The zero-order chi connectivity index (χ0) is 22.1. The second-order valence-electron chi connectivity index (χ2n) is 7.11. The van der Waals surface area contributed by atoms with Crippen LogP contribution in [0.5, 0.6) is 5.75 Å². The topological polar surface area (TPSA) is 18.5 Å². The van der Waals surface area contributed by atoms with E-state index in [-0.39, 0.29) is 42.1 Å². The van der Waals surface area contributed by atoms with Crippen molar-refractivity contribution in [2.75, 3.05) is 13.2 Å². The fourth-order valence-corrected chi connectivity index (χ4v) is 2.70. The third-order valence-electron chi connectivity index (χ3n) is 4.76. The van der Waals surface area contributed by atoms with E-state index in [0.29, 0.717) is 24.8 Å². The van der Waals surface area contributed by atoms with Crippen LogP contribution in [-0.4, -0.2) is 13.2 Å². The van der Waals surface area contributed by atoms with Gasteiger partial charge in [0.25, 0.3) is 0 Å². The van der Waals surface area contributed by atoms with Gasteiger partial charge in [-0.15, -0.1) is 0 Å². The molecule has 0 bridgehead atoms. The first-order valence-electron chi connectivity index (χ1n) is 9.80. The van der Waals surface area contributed by atoms with Crippen molar-refractivity contribution in [3.8, 4) is 5.75 Å². The van der Waals surface area contributed by atoms with E-state index in [1.807, 2.05) is 6.92 Å². The van der Waals surface area contributed by atoms with Gasteiger partial charge in [0.1, 0.15) is 0 Å². The van der Waals surface area contributed by atoms with Crippen molar-refractivity contribution in [2.24, 2.45) is 11.8 Å². The molecule has 0 spiro atoms. The van der Waals surface area contributed by atoms with Crippen LogP contribution < -0.4 is 4.74 Å². The van der Waals surface area contributed by atoms with Crippen molar-refractivity contribution in [2.45, 2.75) is 47.0 Å². The molecule has 29 heavy (non-hydrogen) atoms. The van der Waals surface area contributed by atoms with Crippen molar-refractivity contribution in [1.82, 2.24) is 0 Å². The van der Waals surface area contributed by atoms with E-state index < -0.39 is 23.3 Å². The third-order valence-corrected chi connectivity index (χ3v) is 4.76. The standard InChI is InChI=1S/C23H30F4O2/c1-7-18-11-12-19(23(27)22(18)26)29-13-14(3)9-10-15(4)16(5)20(24)21(25)17(6)28-8-2/h11-12,14-15H,5-10,13H2,1-4H3/b21-20-. The lowest BCUT2D eigenvalue weighted by molar-refractivity contribution is 0.223. The number of allylic oxidation sites excluding steroid dienone is 3. The summed E-state index contributed by atoms with van der Waals surface area (Å²) in [4.78, 5) is 0. The van der Waals surface area contributed by atoms with Crippen LogP contribution >= 0.6 is 0 Å². The molecule has 0 N–H and O–H groups in total. The first-order chi connectivity index (χ1) is 13.6. The molecule has 1 aromatic rings. The Morgan fingerprint density at radius 1 is 1.00 bits per heavy atom. The van der Waals surface area contributed by atoms with Gasteiger partial charge >= 0.3 is 0 Å². The monoisotopic (exact) mass is 414 g/mol. The molecule has 0 heterocycles. The summed E-state index contributed by atoms with van der Waals surface area (Å²) in [5.41, 5.74) is 0.323. The van der Waals surface area contributed by atoms with Crippen LogP contribution in [0.4, 0.5) is 17.6 Å². The fourth-order valence-electron chi connectivity index (χ4n) is 2.70. The van der Waals surface area contributed by atoms with E-state index in [1.165, 1.54) is 12.1 Å². The van der Waals surface area contributed by atoms with Crippen LogP contribution in [0.25, 0.3) is 0 Å². The van der Waals surface area contributed by atoms with Gasteiger partial charge in [-0.3, -0.25) is 0 Å². The highest BCUT2D eigenvalue weighted by atomic mass is 19.2. The highest BCUT2D eigenvalue weighted by Crippen LogP contribution is 2.30. The van der Waals surface area contributed by atoms with Crippen molar-refractivity contribution in [3.05, 3.63) is 65.5 Å². The van der Waals surface area contributed by atoms with Gasteiger partial charge in [0, 0.05) is 0 Å². The molecule has 0 radical (unpaired) electrons. The van der Waals surface area contributed by atoms with E-state index in [1.54, 1.807) is 20.8 Å². The van der Waals surface area contributed by atoms with E-state index in [0.717, 1.165) is 0 Å². The summed E-state index contributed by atoms with van der Waals surface area (Å²) in [7, 11) is 0. The second-order valence-corrected chi connectivity index (χ2v) is 7.11. The van der Waals surface area contributed by atoms with Gasteiger partial charge in [0.15, 0.2) is 29.0 Å². The zero-order valence-corrected chi connectivity index (χ0v) is 17.6. The van der Waals surface area contributed by atoms with Gasteiger partial charge in [-0.1, -0.05) is 40.0 Å². The van der Waals surface area contributed by atoms with Gasteiger partial charge in [-0.2, -0.15) is 8.78 Å². The maximum atomic E-state index is 14.2. The molecule has 162 valence electrons. The van der Waals surface area contributed by atoms with Crippen LogP contribution in [0, 0.1) is 23.5 Å². The summed E-state index contributed by atoms with van der Waals surface area (Å²) in [5.74, 6) is -4.90. The fraction of sp³-hybridized carbons (Fsp3) is 0.478. The molecular formula is C23H30F4O2. The quantitative estimate of drug-likeness (QED) is 0.204. The molecule has 2 unspecified atom stereocenters. The Balaban J connectivity index is 2.59. The minimum absolute atomic E-state index is 0.00570. The van der Waals surface area contributed by atoms with Crippen LogP contribution in [0.2, 0.25) is 0 Å². The third kappa shape index (κ3) is 6.94. The predicted molar refractivity (Wildman–Crippen MR) is 108 cm³/mol. The van der Waals surface area contributed by atoms with Crippen LogP contribution in [0.1, 0.15) is 46.1 Å². The van der Waals surface area contributed by atoms with E-state index >= 15 is 0 Å². The maximum absolute atomic E-state index is 14.2. The molecule has 0 aliphatic carbocycles. The molecule has 0 aliphatic heterocycles. The molecule has 1 aromatic carbocycles. The first kappa shape index (κ1) is 24.8. The van der Waals surface area contributed by atoms with Gasteiger partial charge < -0.3 is 9.47 Å². The summed E-state index contributed by atoms with van der Waals surface area (Å²) in [6.45, 7) is 14.4. The van der Waals surface area contributed by atoms with Crippen LogP contribution in [0.3, 0.4) is 0 Å². The average molecular weight is 414 g/mol. The number of aryl methyl sites for hydroxylation is 1. The summed E-state index contributed by atoms with van der Waals surface area (Å²) in [6.07, 6.45) is 1.53. The van der Waals surface area contributed by atoms with Crippen molar-refractivity contribution in [1.29, 1.82) is 0 Å². The minimum Gasteiger partial charge on any atom is -0.491 e. The minimum atomic E-state index is -1.15. The van der Waals surface area contributed by atoms with Crippen molar-refractivity contribution >= 4 is 0 Å². The molecule has 6 heteroatoms. The molecule has 0 fully saturated rings. The van der Waals surface area contributed by atoms with Gasteiger partial charge in [-0.05, 0) is 55.2 Å². The Hall–Kier alpha value is -2.24. The zero-order valence-electron chi connectivity index (χ0n) is 17.6. The second kappa shape index (κ2) is 11.7. The van der Waals surface area contributed by atoms with Crippen LogP contribution in [0.15, 0.2) is 48.3 Å². The predicted octanol–water partition coefficient (Wildman–Crippen LogP) is 7.22. The van der Waals surface area contributed by atoms with Crippen molar-refractivity contribution < 1.29 is 27.0 Å². The number of hydrogen-bond acceptors (Lipinski definition) is 2. The van der Waals surface area contributed by atoms with Gasteiger partial charge in [0.05, 0.1) is 13.2 Å².